The van der Waals surface area contributed by atoms with Gasteiger partial charge in [0.2, 0.25) is 5.91 Å². The number of allylic oxidation sites excluding steroid dienone is 1. The number of hydrogen-bond acceptors (Lipinski definition) is 1. The van der Waals surface area contributed by atoms with Gasteiger partial charge in [-0.2, -0.15) is 13.2 Å². The van der Waals surface area contributed by atoms with E-state index < -0.39 is 11.7 Å². The number of carbonyl (C=O) groups is 1. The first kappa shape index (κ1) is 13.6. The topological polar surface area (TPSA) is 20.3 Å². The van der Waals surface area contributed by atoms with Crippen molar-refractivity contribution >= 4 is 5.91 Å². The predicted octanol–water partition coefficient (Wildman–Crippen LogP) is 3.17. The molecular weight excluding hydrogens is 255 g/mol. The molecule has 1 aliphatic heterocycles. The van der Waals surface area contributed by atoms with Crippen LogP contribution in [0.1, 0.15) is 23.6 Å². The number of nitrogens with zero attached hydrogens (tertiary/aromatic N) is 1. The van der Waals surface area contributed by atoms with Crippen LogP contribution in [-0.2, 0) is 23.9 Å². The summed E-state index contributed by atoms with van der Waals surface area (Å²) in [4.78, 5) is 13.2. The molecule has 0 unspecified atom stereocenters. The molecule has 0 saturated heterocycles. The number of amides is 1. The van der Waals surface area contributed by atoms with Gasteiger partial charge in [0.1, 0.15) is 0 Å². The van der Waals surface area contributed by atoms with Gasteiger partial charge >= 0.3 is 6.18 Å². The van der Waals surface area contributed by atoms with Gasteiger partial charge in [0, 0.05) is 13.1 Å². The number of fused-ring (bicyclic) bond motifs is 1. The van der Waals surface area contributed by atoms with E-state index in [0.717, 1.165) is 6.07 Å². The lowest BCUT2D eigenvalue weighted by Gasteiger charge is -2.30. The highest BCUT2D eigenvalue weighted by Crippen LogP contribution is 2.35. The number of alkyl halides is 3. The summed E-state index contributed by atoms with van der Waals surface area (Å²) < 4.78 is 38.8. The minimum Gasteiger partial charge on any atom is -0.334 e. The Morgan fingerprint density at radius 3 is 2.74 bits per heavy atom. The van der Waals surface area contributed by atoms with Gasteiger partial charge in [0.05, 0.1) is 5.56 Å². The van der Waals surface area contributed by atoms with Crippen LogP contribution >= 0.6 is 0 Å². The molecule has 0 radical (unpaired) electrons. The van der Waals surface area contributed by atoms with Crippen LogP contribution in [0.15, 0.2) is 30.4 Å². The Morgan fingerprint density at radius 1 is 1.37 bits per heavy atom. The van der Waals surface area contributed by atoms with Crippen molar-refractivity contribution in [2.24, 2.45) is 0 Å². The lowest BCUT2D eigenvalue weighted by atomic mass is 9.94. The smallest absolute Gasteiger partial charge is 0.334 e. The van der Waals surface area contributed by atoms with Crippen molar-refractivity contribution in [1.82, 2.24) is 4.90 Å². The molecule has 1 amide bonds. The Kier molecular flexibility index (Phi) is 3.64. The summed E-state index contributed by atoms with van der Waals surface area (Å²) in [7, 11) is 0. The van der Waals surface area contributed by atoms with Crippen LogP contribution < -0.4 is 0 Å². The molecule has 5 heteroatoms. The fourth-order valence-corrected chi connectivity index (χ4v) is 2.28. The van der Waals surface area contributed by atoms with Gasteiger partial charge in [0.15, 0.2) is 0 Å². The van der Waals surface area contributed by atoms with Crippen molar-refractivity contribution < 1.29 is 18.0 Å². The first-order valence-electron chi connectivity index (χ1n) is 6.03. The maximum absolute atomic E-state index is 12.9. The number of hydrogen-bond donors (Lipinski definition) is 0. The summed E-state index contributed by atoms with van der Waals surface area (Å²) in [5.41, 5.74) is 0.265. The molecule has 102 valence electrons. The molecule has 1 aromatic carbocycles. The Morgan fingerprint density at radius 2 is 2.11 bits per heavy atom. The molecule has 0 fully saturated rings. The molecule has 1 aromatic rings. The normalized spacial score (nSPS) is 15.7. The van der Waals surface area contributed by atoms with Crippen molar-refractivity contribution in [2.75, 3.05) is 6.54 Å². The summed E-state index contributed by atoms with van der Waals surface area (Å²) in [5, 5.41) is 0. The largest absolute Gasteiger partial charge is 0.416 e. The third-order valence-corrected chi connectivity index (χ3v) is 3.20. The van der Waals surface area contributed by atoms with Gasteiger partial charge in [-0.05, 0) is 36.6 Å². The second-order valence-electron chi connectivity index (χ2n) is 4.45. The highest BCUT2D eigenvalue weighted by Gasteiger charge is 2.35. The zero-order chi connectivity index (χ0) is 14.0. The fourth-order valence-electron chi connectivity index (χ4n) is 2.28. The Labute approximate surface area is 109 Å². The van der Waals surface area contributed by atoms with Crippen LogP contribution in [0.4, 0.5) is 13.2 Å². The molecule has 0 bridgehead atoms. The molecule has 2 rings (SSSR count). The van der Waals surface area contributed by atoms with Crippen molar-refractivity contribution in [3.8, 4) is 0 Å². The number of rotatable bonds is 1. The third kappa shape index (κ3) is 2.80. The quantitative estimate of drug-likeness (QED) is 0.717. The van der Waals surface area contributed by atoms with Crippen LogP contribution in [0.2, 0.25) is 0 Å². The minimum atomic E-state index is -4.38. The van der Waals surface area contributed by atoms with Crippen LogP contribution in [0, 0.1) is 0 Å². The van der Waals surface area contributed by atoms with Crippen LogP contribution in [0.5, 0.6) is 0 Å². The molecule has 0 saturated carbocycles. The molecule has 1 heterocycles. The number of benzene rings is 1. The van der Waals surface area contributed by atoms with E-state index in [1.807, 2.05) is 0 Å². The summed E-state index contributed by atoms with van der Waals surface area (Å²) in [5.74, 6) is -0.245. The van der Waals surface area contributed by atoms with E-state index in [9.17, 15) is 18.0 Å². The molecule has 0 spiro atoms. The third-order valence-electron chi connectivity index (χ3n) is 3.20. The minimum absolute atomic E-state index is 0.0220. The molecule has 19 heavy (non-hydrogen) atoms. The highest BCUT2D eigenvalue weighted by atomic mass is 19.4. The number of halogens is 3. The van der Waals surface area contributed by atoms with E-state index >= 15 is 0 Å². The fraction of sp³-hybridized carbons (Fsp3) is 0.357. The maximum Gasteiger partial charge on any atom is 0.416 e. The van der Waals surface area contributed by atoms with Crippen LogP contribution in [0.25, 0.3) is 0 Å². The average Bonchev–Trinajstić information content (AvgIpc) is 2.36. The molecule has 0 atom stereocenters. The summed E-state index contributed by atoms with van der Waals surface area (Å²) in [6.07, 6.45) is -0.949. The second kappa shape index (κ2) is 5.07. The molecular formula is C14H14F3NO. The SMILES string of the molecule is C/C=C/C(=O)N1CCc2cccc(C(F)(F)F)c2C1. The van der Waals surface area contributed by atoms with Crippen LogP contribution in [0.3, 0.4) is 0 Å². The van der Waals surface area contributed by atoms with Gasteiger partial charge in [-0.3, -0.25) is 4.79 Å². The maximum atomic E-state index is 12.9. The van der Waals surface area contributed by atoms with Crippen molar-refractivity contribution in [3.63, 3.8) is 0 Å². The Bertz CT molecular complexity index is 520. The highest BCUT2D eigenvalue weighted by molar-refractivity contribution is 5.87. The van der Waals surface area contributed by atoms with E-state index in [2.05, 4.69) is 0 Å². The predicted molar refractivity (Wildman–Crippen MR) is 65.4 cm³/mol. The van der Waals surface area contributed by atoms with Crippen molar-refractivity contribution in [1.29, 1.82) is 0 Å². The van der Waals surface area contributed by atoms with E-state index in [1.165, 1.54) is 17.0 Å². The van der Waals surface area contributed by atoms with E-state index in [1.54, 1.807) is 19.1 Å². The molecule has 2 nitrogen and oxygen atoms in total. The standard InChI is InChI=1S/C14H14F3NO/c1-2-4-13(19)18-8-7-10-5-3-6-12(11(10)9-18)14(15,16)17/h2-6H,7-9H2,1H3/b4-2+. The van der Waals surface area contributed by atoms with Gasteiger partial charge in [-0.25, -0.2) is 0 Å². The van der Waals surface area contributed by atoms with Gasteiger partial charge in [-0.1, -0.05) is 18.2 Å². The zero-order valence-corrected chi connectivity index (χ0v) is 10.5. The lowest BCUT2D eigenvalue weighted by molar-refractivity contribution is -0.139. The van der Waals surface area contributed by atoms with E-state index in [-0.39, 0.29) is 18.0 Å². The average molecular weight is 269 g/mol. The summed E-state index contributed by atoms with van der Waals surface area (Å²) in [6.45, 7) is 2.18. The monoisotopic (exact) mass is 269 g/mol. The first-order chi connectivity index (χ1) is 8.93. The summed E-state index contributed by atoms with van der Waals surface area (Å²) in [6, 6.07) is 4.19. The summed E-state index contributed by atoms with van der Waals surface area (Å²) >= 11 is 0. The number of carbonyl (C=O) groups excluding carboxylic acids is 1. The zero-order valence-electron chi connectivity index (χ0n) is 10.5. The van der Waals surface area contributed by atoms with Gasteiger partial charge in [0.25, 0.3) is 0 Å². The second-order valence-corrected chi connectivity index (χ2v) is 4.45. The van der Waals surface area contributed by atoms with Crippen molar-refractivity contribution in [3.05, 3.63) is 47.0 Å². The Balaban J connectivity index is 2.35. The molecule has 1 aliphatic rings. The van der Waals surface area contributed by atoms with Gasteiger partial charge < -0.3 is 4.90 Å². The lowest BCUT2D eigenvalue weighted by Crippen LogP contribution is -2.36. The molecule has 0 aromatic heterocycles. The van der Waals surface area contributed by atoms with Gasteiger partial charge in [-0.15, -0.1) is 0 Å². The van der Waals surface area contributed by atoms with E-state index in [4.69, 9.17) is 0 Å². The first-order valence-corrected chi connectivity index (χ1v) is 6.03. The van der Waals surface area contributed by atoms with Crippen LogP contribution in [-0.4, -0.2) is 17.4 Å². The molecule has 0 aliphatic carbocycles. The molecule has 0 N–H and O–H groups in total. The Hall–Kier alpha value is -1.78. The van der Waals surface area contributed by atoms with E-state index in [0.29, 0.717) is 18.5 Å². The van der Waals surface area contributed by atoms with Crippen molar-refractivity contribution in [2.45, 2.75) is 26.1 Å².